The average molecular weight is 124 g/mol. The molecule has 0 rings (SSSR count). The van der Waals surface area contributed by atoms with Crippen molar-refractivity contribution in [2.75, 3.05) is 0 Å². The van der Waals surface area contributed by atoms with E-state index in [2.05, 4.69) is 26.7 Å². The molecule has 52 valence electrons. The Morgan fingerprint density at radius 1 is 1.22 bits per heavy atom. The van der Waals surface area contributed by atoms with Gasteiger partial charge in [-0.15, -0.1) is 12.3 Å². The fourth-order valence-electron chi connectivity index (χ4n) is 0.667. The number of terminal acetylenes is 1. The van der Waals surface area contributed by atoms with Crippen LogP contribution in [0, 0.1) is 24.2 Å². The smallest absolute Gasteiger partial charge is 0.0172 e. The second-order valence-corrected chi connectivity index (χ2v) is 3.04. The van der Waals surface area contributed by atoms with Crippen molar-refractivity contribution in [2.45, 2.75) is 33.6 Å². The van der Waals surface area contributed by atoms with E-state index in [4.69, 9.17) is 6.42 Å². The van der Waals surface area contributed by atoms with Crippen molar-refractivity contribution in [3.05, 3.63) is 0 Å². The molecule has 0 bridgehead atoms. The highest BCUT2D eigenvalue weighted by atomic mass is 14.0. The highest BCUT2D eigenvalue weighted by Gasteiger charge is 1.98. The lowest BCUT2D eigenvalue weighted by Crippen LogP contribution is -1.93. The molecule has 0 radical (unpaired) electrons. The number of hydrogen-bond acceptors (Lipinski definition) is 0. The molecule has 9 heavy (non-hydrogen) atoms. The van der Waals surface area contributed by atoms with Crippen LogP contribution < -0.4 is 0 Å². The molecule has 0 aliphatic carbocycles. The van der Waals surface area contributed by atoms with E-state index in [1.54, 1.807) is 0 Å². The maximum absolute atomic E-state index is 5.21. The Labute approximate surface area is 58.7 Å². The van der Waals surface area contributed by atoms with Gasteiger partial charge in [-0.25, -0.2) is 0 Å². The largest absolute Gasteiger partial charge is 0.120 e. The summed E-state index contributed by atoms with van der Waals surface area (Å²) in [6.07, 6.45) is 7.64. The van der Waals surface area contributed by atoms with Crippen molar-refractivity contribution in [1.29, 1.82) is 0 Å². The molecule has 0 nitrogen and oxygen atoms in total. The molecule has 0 aliphatic heterocycles. The minimum atomic E-state index is 0.465. The molecule has 0 amide bonds. The van der Waals surface area contributed by atoms with Crippen LogP contribution in [0.1, 0.15) is 33.6 Å². The molecule has 0 spiro atoms. The maximum Gasteiger partial charge on any atom is 0.0172 e. The third-order valence-corrected chi connectivity index (χ3v) is 1.46. The van der Waals surface area contributed by atoms with Crippen LogP contribution in [0.25, 0.3) is 0 Å². The first-order valence-electron chi connectivity index (χ1n) is 3.63. The zero-order valence-electron chi connectivity index (χ0n) is 6.65. The summed E-state index contributed by atoms with van der Waals surface area (Å²) >= 11 is 0. The molecule has 0 aliphatic rings. The first-order valence-corrected chi connectivity index (χ1v) is 3.63. The predicted molar refractivity (Wildman–Crippen MR) is 42.1 cm³/mol. The van der Waals surface area contributed by atoms with Crippen LogP contribution in [-0.2, 0) is 0 Å². The molecular weight excluding hydrogens is 108 g/mol. The van der Waals surface area contributed by atoms with Gasteiger partial charge in [0.2, 0.25) is 0 Å². The summed E-state index contributed by atoms with van der Waals surface area (Å²) in [5.74, 6) is 3.98. The first kappa shape index (κ1) is 8.56. The van der Waals surface area contributed by atoms with Crippen molar-refractivity contribution in [3.8, 4) is 12.3 Å². The molecule has 1 atom stereocenters. The third kappa shape index (κ3) is 5.43. The lowest BCUT2D eigenvalue weighted by atomic mass is 10.0. The van der Waals surface area contributed by atoms with Crippen LogP contribution in [0.5, 0.6) is 0 Å². The minimum Gasteiger partial charge on any atom is -0.120 e. The van der Waals surface area contributed by atoms with Crippen LogP contribution in [-0.4, -0.2) is 0 Å². The quantitative estimate of drug-likeness (QED) is 0.507. The van der Waals surface area contributed by atoms with E-state index in [1.165, 1.54) is 12.8 Å². The second-order valence-electron chi connectivity index (χ2n) is 3.04. The van der Waals surface area contributed by atoms with E-state index in [0.717, 1.165) is 5.92 Å². The van der Waals surface area contributed by atoms with Gasteiger partial charge in [0.15, 0.2) is 0 Å². The van der Waals surface area contributed by atoms with Crippen molar-refractivity contribution in [1.82, 2.24) is 0 Å². The fourth-order valence-corrected chi connectivity index (χ4v) is 0.667. The molecular formula is C9H16. The van der Waals surface area contributed by atoms with Crippen LogP contribution in [0.4, 0.5) is 0 Å². The first-order chi connectivity index (χ1) is 4.16. The summed E-state index contributed by atoms with van der Waals surface area (Å²) in [6, 6.07) is 0. The molecule has 0 heterocycles. The lowest BCUT2D eigenvalue weighted by molar-refractivity contribution is 0.510. The van der Waals surface area contributed by atoms with E-state index < -0.39 is 0 Å². The summed E-state index contributed by atoms with van der Waals surface area (Å²) in [5, 5.41) is 0. The summed E-state index contributed by atoms with van der Waals surface area (Å²) in [5.41, 5.74) is 0. The summed E-state index contributed by atoms with van der Waals surface area (Å²) in [6.45, 7) is 6.55. The Morgan fingerprint density at radius 3 is 2.11 bits per heavy atom. The Hall–Kier alpha value is -0.440. The monoisotopic (exact) mass is 124 g/mol. The van der Waals surface area contributed by atoms with Gasteiger partial charge in [0.25, 0.3) is 0 Å². The van der Waals surface area contributed by atoms with Gasteiger partial charge < -0.3 is 0 Å². The van der Waals surface area contributed by atoms with Crippen LogP contribution in [0.15, 0.2) is 0 Å². The Balaban J connectivity index is 3.19. The molecule has 0 heteroatoms. The van der Waals surface area contributed by atoms with Gasteiger partial charge in [-0.2, -0.15) is 0 Å². The van der Waals surface area contributed by atoms with Gasteiger partial charge in [-0.1, -0.05) is 20.8 Å². The third-order valence-electron chi connectivity index (χ3n) is 1.46. The van der Waals surface area contributed by atoms with E-state index in [9.17, 15) is 0 Å². The zero-order chi connectivity index (χ0) is 7.28. The normalized spacial score (nSPS) is 13.2. The minimum absolute atomic E-state index is 0.465. The van der Waals surface area contributed by atoms with Crippen molar-refractivity contribution < 1.29 is 0 Å². The van der Waals surface area contributed by atoms with Gasteiger partial charge >= 0.3 is 0 Å². The molecule has 1 unspecified atom stereocenters. The SMILES string of the molecule is C#CC(C)CCC(C)C. The van der Waals surface area contributed by atoms with Crippen LogP contribution in [0.2, 0.25) is 0 Å². The second kappa shape index (κ2) is 4.44. The highest BCUT2D eigenvalue weighted by Crippen LogP contribution is 2.09. The summed E-state index contributed by atoms with van der Waals surface area (Å²) in [4.78, 5) is 0. The van der Waals surface area contributed by atoms with Gasteiger partial charge in [-0.05, 0) is 18.8 Å². The maximum atomic E-state index is 5.21. The number of hydrogen-bond donors (Lipinski definition) is 0. The molecule has 0 aromatic heterocycles. The van der Waals surface area contributed by atoms with E-state index in [1.807, 2.05) is 0 Å². The molecule has 0 saturated heterocycles. The summed E-state index contributed by atoms with van der Waals surface area (Å²) < 4.78 is 0. The molecule has 0 aromatic carbocycles. The summed E-state index contributed by atoms with van der Waals surface area (Å²) in [7, 11) is 0. The molecule has 0 N–H and O–H groups in total. The van der Waals surface area contributed by atoms with E-state index in [-0.39, 0.29) is 0 Å². The van der Waals surface area contributed by atoms with Gasteiger partial charge in [-0.3, -0.25) is 0 Å². The van der Waals surface area contributed by atoms with Gasteiger partial charge in [0.05, 0.1) is 0 Å². The average Bonchev–Trinajstić information content (AvgIpc) is 1.83. The zero-order valence-corrected chi connectivity index (χ0v) is 6.65. The van der Waals surface area contributed by atoms with E-state index >= 15 is 0 Å². The number of rotatable bonds is 3. The van der Waals surface area contributed by atoms with Crippen LogP contribution in [0.3, 0.4) is 0 Å². The Kier molecular flexibility index (Phi) is 4.22. The van der Waals surface area contributed by atoms with Crippen molar-refractivity contribution in [3.63, 3.8) is 0 Å². The fraction of sp³-hybridized carbons (Fsp3) is 0.778. The molecule has 0 aromatic rings. The van der Waals surface area contributed by atoms with E-state index in [0.29, 0.717) is 5.92 Å². The predicted octanol–water partition coefficient (Wildman–Crippen LogP) is 2.69. The standard InChI is InChI=1S/C9H16/c1-5-9(4)7-6-8(2)3/h1,8-9H,6-7H2,2-4H3. The Morgan fingerprint density at radius 2 is 1.78 bits per heavy atom. The lowest BCUT2D eigenvalue weighted by Gasteiger charge is -2.05. The topological polar surface area (TPSA) is 0 Å². The van der Waals surface area contributed by atoms with Crippen molar-refractivity contribution >= 4 is 0 Å². The highest BCUT2D eigenvalue weighted by molar-refractivity contribution is 4.89. The van der Waals surface area contributed by atoms with Gasteiger partial charge in [0, 0.05) is 5.92 Å². The molecule has 0 saturated carbocycles. The molecule has 0 fully saturated rings. The Bertz CT molecular complexity index is 95.1. The van der Waals surface area contributed by atoms with Gasteiger partial charge in [0.1, 0.15) is 0 Å². The van der Waals surface area contributed by atoms with Crippen molar-refractivity contribution in [2.24, 2.45) is 11.8 Å². The van der Waals surface area contributed by atoms with Crippen LogP contribution >= 0.6 is 0 Å².